The van der Waals surface area contributed by atoms with E-state index in [1.54, 1.807) is 24.3 Å². The van der Waals surface area contributed by atoms with Gasteiger partial charge in [0.1, 0.15) is 31.0 Å². The van der Waals surface area contributed by atoms with E-state index in [1.165, 1.54) is 19.4 Å². The summed E-state index contributed by atoms with van der Waals surface area (Å²) in [5.74, 6) is 0.437. The molecule has 0 unspecified atom stereocenters. The lowest BCUT2D eigenvalue weighted by Crippen LogP contribution is -2.41. The topological polar surface area (TPSA) is 46.5 Å². The van der Waals surface area contributed by atoms with Gasteiger partial charge >= 0.3 is 0 Å². The van der Waals surface area contributed by atoms with Gasteiger partial charge in [0.2, 0.25) is 0 Å². The van der Waals surface area contributed by atoms with Crippen molar-refractivity contribution in [3.8, 4) is 5.75 Å². The quantitative estimate of drug-likeness (QED) is 0.591. The highest BCUT2D eigenvalue weighted by Gasteiger charge is 2.25. The Kier molecular flexibility index (Phi) is 5.98. The van der Waals surface area contributed by atoms with Crippen molar-refractivity contribution in [1.82, 2.24) is 0 Å². The molecule has 0 atom stereocenters. The van der Waals surface area contributed by atoms with Crippen LogP contribution in [-0.2, 0) is 6.54 Å². The predicted octanol–water partition coefficient (Wildman–Crippen LogP) is 3.30. The molecule has 0 fully saturated rings. The molecule has 0 aromatic heterocycles. The van der Waals surface area contributed by atoms with Crippen LogP contribution in [0.15, 0.2) is 54.6 Å². The Morgan fingerprint density at radius 1 is 1.04 bits per heavy atom. The van der Waals surface area contributed by atoms with Crippen molar-refractivity contribution >= 4 is 5.78 Å². The first-order valence-corrected chi connectivity index (χ1v) is 8.53. The molecule has 2 aromatic carbocycles. The summed E-state index contributed by atoms with van der Waals surface area (Å²) in [5, 5.41) is 9.78. The van der Waals surface area contributed by atoms with Gasteiger partial charge in [0.15, 0.2) is 5.78 Å². The van der Waals surface area contributed by atoms with Gasteiger partial charge < -0.3 is 14.3 Å². The van der Waals surface area contributed by atoms with Crippen LogP contribution in [0.5, 0.6) is 5.75 Å². The zero-order valence-electron chi connectivity index (χ0n) is 15.5. The van der Waals surface area contributed by atoms with Crippen LogP contribution >= 0.6 is 0 Å². The molecule has 0 aliphatic rings. The number of ketones is 1. The molecule has 0 heterocycles. The van der Waals surface area contributed by atoms with Crippen LogP contribution in [0.1, 0.15) is 29.8 Å². The molecule has 4 nitrogen and oxygen atoms in total. The maximum absolute atomic E-state index is 12.0. The van der Waals surface area contributed by atoms with E-state index in [9.17, 15) is 9.90 Å². The number of nitrogens with zero attached hydrogens (tertiary/aromatic N) is 1. The molecule has 0 radical (unpaired) electrons. The van der Waals surface area contributed by atoms with Crippen molar-refractivity contribution in [1.29, 1.82) is 0 Å². The smallest absolute Gasteiger partial charge is 0.193 e. The molecule has 4 heteroatoms. The first kappa shape index (κ1) is 19.2. The molecule has 0 saturated carbocycles. The van der Waals surface area contributed by atoms with Crippen LogP contribution in [0, 0.1) is 0 Å². The van der Waals surface area contributed by atoms with E-state index in [0.29, 0.717) is 12.2 Å². The van der Waals surface area contributed by atoms with Gasteiger partial charge in [-0.2, -0.15) is 0 Å². The van der Waals surface area contributed by atoms with E-state index in [2.05, 4.69) is 38.4 Å². The zero-order chi connectivity index (χ0) is 18.5. The lowest BCUT2D eigenvalue weighted by atomic mass is 9.97. The average molecular weight is 342 g/mol. The van der Waals surface area contributed by atoms with Gasteiger partial charge in [-0.25, -0.2) is 0 Å². The van der Waals surface area contributed by atoms with Crippen LogP contribution in [-0.4, -0.2) is 48.2 Å². The largest absolute Gasteiger partial charge is 0.488 e. The molecule has 0 bridgehead atoms. The molecule has 25 heavy (non-hydrogen) atoms. The first-order valence-electron chi connectivity index (χ1n) is 8.53. The van der Waals surface area contributed by atoms with Crippen LogP contribution in [0.25, 0.3) is 0 Å². The predicted molar refractivity (Wildman–Crippen MR) is 99.7 cm³/mol. The number of quaternary nitrogens is 1. The number of rotatable bonds is 8. The number of carbonyl (C=O) groups excluding carboxylic acids is 1. The Morgan fingerprint density at radius 2 is 1.64 bits per heavy atom. The van der Waals surface area contributed by atoms with Crippen molar-refractivity contribution in [2.45, 2.75) is 26.0 Å². The Balaban J connectivity index is 1.86. The number of Topliss-reactive ketones (excluding diaryl/α,β-unsaturated/α-hetero) is 1. The summed E-state index contributed by atoms with van der Waals surface area (Å²) < 4.78 is 6.64. The summed E-state index contributed by atoms with van der Waals surface area (Å²) in [6.07, 6.45) is 0. The van der Waals surface area contributed by atoms with Crippen LogP contribution in [0.2, 0.25) is 0 Å². The third-order valence-corrected chi connectivity index (χ3v) is 4.09. The number of ether oxygens (including phenoxy) is 1. The summed E-state index contributed by atoms with van der Waals surface area (Å²) in [6, 6.07) is 17.4. The number of carbonyl (C=O) groups is 1. The van der Waals surface area contributed by atoms with Gasteiger partial charge in [0.05, 0.1) is 14.1 Å². The van der Waals surface area contributed by atoms with Gasteiger partial charge in [-0.05, 0) is 38.1 Å². The van der Waals surface area contributed by atoms with Crippen LogP contribution in [0.4, 0.5) is 0 Å². The highest BCUT2D eigenvalue weighted by Crippen LogP contribution is 2.17. The van der Waals surface area contributed by atoms with E-state index in [-0.39, 0.29) is 5.78 Å². The molecule has 0 saturated heterocycles. The van der Waals surface area contributed by atoms with Gasteiger partial charge in [-0.15, -0.1) is 0 Å². The first-order chi connectivity index (χ1) is 11.7. The summed E-state index contributed by atoms with van der Waals surface area (Å²) in [6.45, 7) is 5.40. The van der Waals surface area contributed by atoms with E-state index in [1.807, 2.05) is 6.07 Å². The fourth-order valence-corrected chi connectivity index (χ4v) is 2.62. The van der Waals surface area contributed by atoms with Crippen molar-refractivity contribution in [3.05, 3.63) is 65.7 Å². The van der Waals surface area contributed by atoms with E-state index < -0.39 is 5.60 Å². The SMILES string of the molecule is CC(C)(O)C(=O)c1ccc(OCC[N+](C)(C)Cc2ccccc2)cc1. The normalized spacial score (nSPS) is 12.0. The van der Waals surface area contributed by atoms with Gasteiger partial charge in [0, 0.05) is 11.1 Å². The Morgan fingerprint density at radius 3 is 2.20 bits per heavy atom. The highest BCUT2D eigenvalue weighted by molar-refractivity contribution is 6.01. The molecular formula is C21H28NO3+. The van der Waals surface area contributed by atoms with Crippen molar-refractivity contribution in [2.24, 2.45) is 0 Å². The van der Waals surface area contributed by atoms with Gasteiger partial charge in [-0.1, -0.05) is 30.3 Å². The minimum absolute atomic E-state index is 0.292. The van der Waals surface area contributed by atoms with E-state index >= 15 is 0 Å². The Labute approximate surface area is 150 Å². The molecule has 0 amide bonds. The molecule has 134 valence electrons. The minimum atomic E-state index is -1.36. The zero-order valence-corrected chi connectivity index (χ0v) is 15.5. The number of aliphatic hydroxyl groups is 1. The second kappa shape index (κ2) is 7.81. The number of likely N-dealkylation sites (N-methyl/N-ethyl adjacent to an activating group) is 1. The standard InChI is InChI=1S/C21H28NO3/c1-21(2,24)20(23)18-10-12-19(13-11-18)25-15-14-22(3,4)16-17-8-6-5-7-9-17/h5-13,24H,14-16H2,1-4H3/q+1. The third-order valence-electron chi connectivity index (χ3n) is 4.09. The number of hydrogen-bond acceptors (Lipinski definition) is 3. The second-order valence-electron chi connectivity index (χ2n) is 7.56. The summed E-state index contributed by atoms with van der Waals surface area (Å²) in [7, 11) is 4.36. The van der Waals surface area contributed by atoms with Crippen molar-refractivity contribution in [3.63, 3.8) is 0 Å². The third kappa shape index (κ3) is 6.00. The molecule has 2 aromatic rings. The maximum Gasteiger partial charge on any atom is 0.193 e. The molecule has 2 rings (SSSR count). The molecule has 0 aliphatic carbocycles. The highest BCUT2D eigenvalue weighted by atomic mass is 16.5. The number of hydrogen-bond donors (Lipinski definition) is 1. The summed E-state index contributed by atoms with van der Waals surface area (Å²) in [4.78, 5) is 12.0. The fraction of sp³-hybridized carbons (Fsp3) is 0.381. The van der Waals surface area contributed by atoms with E-state index in [4.69, 9.17) is 4.74 Å². The van der Waals surface area contributed by atoms with Gasteiger partial charge in [-0.3, -0.25) is 4.79 Å². The molecule has 1 N–H and O–H groups in total. The Bertz CT molecular complexity index is 685. The summed E-state index contributed by atoms with van der Waals surface area (Å²) in [5.41, 5.74) is 0.434. The lowest BCUT2D eigenvalue weighted by Gasteiger charge is -2.29. The lowest BCUT2D eigenvalue weighted by molar-refractivity contribution is -0.903. The Hall–Kier alpha value is -2.17. The molecule has 0 spiro atoms. The minimum Gasteiger partial charge on any atom is -0.488 e. The second-order valence-corrected chi connectivity index (χ2v) is 7.56. The van der Waals surface area contributed by atoms with Crippen LogP contribution < -0.4 is 4.74 Å². The van der Waals surface area contributed by atoms with Crippen molar-refractivity contribution < 1.29 is 19.1 Å². The summed E-state index contributed by atoms with van der Waals surface area (Å²) >= 11 is 0. The monoisotopic (exact) mass is 342 g/mol. The van der Waals surface area contributed by atoms with Crippen LogP contribution in [0.3, 0.4) is 0 Å². The maximum atomic E-state index is 12.0. The van der Waals surface area contributed by atoms with Gasteiger partial charge in [0.25, 0.3) is 0 Å². The van der Waals surface area contributed by atoms with Crippen molar-refractivity contribution in [2.75, 3.05) is 27.2 Å². The molecular weight excluding hydrogens is 314 g/mol. The van der Waals surface area contributed by atoms with E-state index in [0.717, 1.165) is 23.3 Å². The average Bonchev–Trinajstić information content (AvgIpc) is 2.54. The number of benzene rings is 2. The molecule has 0 aliphatic heterocycles. The fourth-order valence-electron chi connectivity index (χ4n) is 2.62.